The lowest BCUT2D eigenvalue weighted by Crippen LogP contribution is -2.30. The molecule has 1 unspecified atom stereocenters. The highest BCUT2D eigenvalue weighted by Gasteiger charge is 2.33. The molecule has 21 heavy (non-hydrogen) atoms. The Morgan fingerprint density at radius 1 is 1.14 bits per heavy atom. The van der Waals surface area contributed by atoms with Crippen LogP contribution in [0.1, 0.15) is 24.0 Å². The highest BCUT2D eigenvalue weighted by Crippen LogP contribution is 2.38. The molecule has 110 valence electrons. The molecule has 5 heteroatoms. The van der Waals surface area contributed by atoms with Gasteiger partial charge in [-0.1, -0.05) is 48.9 Å². The second kappa shape index (κ2) is 5.35. The van der Waals surface area contributed by atoms with E-state index in [-0.39, 0.29) is 11.7 Å². The molecule has 1 atom stereocenters. The number of rotatable bonds is 3. The second-order valence-electron chi connectivity index (χ2n) is 5.37. The zero-order chi connectivity index (χ0) is 15.0. The highest BCUT2D eigenvalue weighted by molar-refractivity contribution is 7.92. The van der Waals surface area contributed by atoms with Crippen LogP contribution < -0.4 is 4.31 Å². The zero-order valence-electron chi connectivity index (χ0n) is 11.7. The molecular weight excluding hydrogens is 306 g/mol. The number of hydrogen-bond acceptors (Lipinski definition) is 2. The molecule has 1 aliphatic heterocycles. The lowest BCUT2D eigenvalue weighted by atomic mass is 10.0. The van der Waals surface area contributed by atoms with Gasteiger partial charge in [-0.25, -0.2) is 8.42 Å². The molecule has 0 saturated carbocycles. The number of halogens is 1. The predicted molar refractivity (Wildman–Crippen MR) is 86.3 cm³/mol. The molecule has 0 aromatic heterocycles. The summed E-state index contributed by atoms with van der Waals surface area (Å²) in [5, 5.41) is 0.608. The smallest absolute Gasteiger partial charge is 0.239 e. The first-order chi connectivity index (χ1) is 9.97. The standard InChI is InChI=1S/C16H16ClNO2S/c1-12-10-18(16-5-3-2-4-15(12)16)21(19,20)11-13-6-8-14(17)9-7-13/h2-9,12H,10-11H2,1H3. The Labute approximate surface area is 130 Å². The minimum absolute atomic E-state index is 0.00871. The van der Waals surface area contributed by atoms with Crippen molar-refractivity contribution in [2.45, 2.75) is 18.6 Å². The van der Waals surface area contributed by atoms with Crippen LogP contribution in [-0.2, 0) is 15.8 Å². The van der Waals surface area contributed by atoms with Crippen molar-refractivity contribution in [3.05, 3.63) is 64.7 Å². The molecule has 3 rings (SSSR count). The van der Waals surface area contributed by atoms with Crippen molar-refractivity contribution in [2.75, 3.05) is 10.8 Å². The van der Waals surface area contributed by atoms with Crippen LogP contribution >= 0.6 is 11.6 Å². The summed E-state index contributed by atoms with van der Waals surface area (Å²) in [6.45, 7) is 2.56. The van der Waals surface area contributed by atoms with Crippen LogP contribution in [0.4, 0.5) is 5.69 Å². The third kappa shape index (κ3) is 2.78. The number of benzene rings is 2. The van der Waals surface area contributed by atoms with Gasteiger partial charge < -0.3 is 0 Å². The van der Waals surface area contributed by atoms with Gasteiger partial charge in [0.1, 0.15) is 0 Å². The van der Waals surface area contributed by atoms with E-state index in [1.54, 1.807) is 24.3 Å². The summed E-state index contributed by atoms with van der Waals surface area (Å²) < 4.78 is 26.9. The van der Waals surface area contributed by atoms with Crippen molar-refractivity contribution >= 4 is 27.3 Å². The van der Waals surface area contributed by atoms with Crippen molar-refractivity contribution in [1.29, 1.82) is 0 Å². The Kier molecular flexibility index (Phi) is 3.68. The first kappa shape index (κ1) is 14.4. The summed E-state index contributed by atoms with van der Waals surface area (Å²) in [5.74, 6) is 0.215. The van der Waals surface area contributed by atoms with E-state index in [4.69, 9.17) is 11.6 Å². The van der Waals surface area contributed by atoms with Gasteiger partial charge in [-0.3, -0.25) is 4.31 Å². The molecule has 0 amide bonds. The third-order valence-corrected chi connectivity index (χ3v) is 5.74. The third-order valence-electron chi connectivity index (χ3n) is 3.77. The van der Waals surface area contributed by atoms with Gasteiger partial charge in [0.05, 0.1) is 11.4 Å². The normalized spacial score (nSPS) is 17.8. The van der Waals surface area contributed by atoms with Crippen molar-refractivity contribution in [1.82, 2.24) is 0 Å². The molecule has 0 N–H and O–H groups in total. The maximum Gasteiger partial charge on any atom is 0.239 e. The molecular formula is C16H16ClNO2S. The number of para-hydroxylation sites is 1. The molecule has 0 fully saturated rings. The summed E-state index contributed by atoms with van der Waals surface area (Å²) in [4.78, 5) is 0. The number of sulfonamides is 1. The minimum atomic E-state index is -3.38. The average Bonchev–Trinajstić information content (AvgIpc) is 2.80. The quantitative estimate of drug-likeness (QED) is 0.862. The van der Waals surface area contributed by atoms with Crippen LogP contribution in [-0.4, -0.2) is 15.0 Å². The van der Waals surface area contributed by atoms with Crippen LogP contribution in [0.15, 0.2) is 48.5 Å². The van der Waals surface area contributed by atoms with E-state index in [9.17, 15) is 8.42 Å². The molecule has 0 saturated heterocycles. The Morgan fingerprint density at radius 3 is 2.52 bits per heavy atom. The Bertz CT molecular complexity index is 756. The molecule has 0 spiro atoms. The van der Waals surface area contributed by atoms with Gasteiger partial charge in [-0.05, 0) is 29.3 Å². The first-order valence-electron chi connectivity index (χ1n) is 6.81. The number of fused-ring (bicyclic) bond motifs is 1. The summed E-state index contributed by atoms with van der Waals surface area (Å²) in [6, 6.07) is 14.6. The molecule has 1 aliphatic rings. The molecule has 1 heterocycles. The van der Waals surface area contributed by atoms with E-state index in [1.165, 1.54) is 4.31 Å². The fourth-order valence-corrected chi connectivity index (χ4v) is 4.52. The van der Waals surface area contributed by atoms with Gasteiger partial charge in [-0.15, -0.1) is 0 Å². The van der Waals surface area contributed by atoms with Gasteiger partial charge in [0.15, 0.2) is 0 Å². The summed E-state index contributed by atoms with van der Waals surface area (Å²) in [5.41, 5.74) is 2.65. The summed E-state index contributed by atoms with van der Waals surface area (Å²) in [7, 11) is -3.38. The topological polar surface area (TPSA) is 37.4 Å². The van der Waals surface area contributed by atoms with Crippen molar-refractivity contribution in [3.8, 4) is 0 Å². The van der Waals surface area contributed by atoms with Crippen molar-refractivity contribution < 1.29 is 8.42 Å². The van der Waals surface area contributed by atoms with Crippen molar-refractivity contribution in [2.24, 2.45) is 0 Å². The maximum atomic E-state index is 12.7. The fraction of sp³-hybridized carbons (Fsp3) is 0.250. The highest BCUT2D eigenvalue weighted by atomic mass is 35.5. The molecule has 0 bridgehead atoms. The second-order valence-corrected chi connectivity index (χ2v) is 7.70. The van der Waals surface area contributed by atoms with Gasteiger partial charge in [-0.2, -0.15) is 0 Å². The van der Waals surface area contributed by atoms with Crippen LogP contribution in [0.2, 0.25) is 5.02 Å². The number of hydrogen-bond donors (Lipinski definition) is 0. The van der Waals surface area contributed by atoms with Crippen molar-refractivity contribution in [3.63, 3.8) is 0 Å². The van der Waals surface area contributed by atoms with Gasteiger partial charge in [0.25, 0.3) is 0 Å². The lowest BCUT2D eigenvalue weighted by molar-refractivity contribution is 0.589. The predicted octanol–water partition coefficient (Wildman–Crippen LogP) is 3.79. The van der Waals surface area contributed by atoms with E-state index in [0.29, 0.717) is 11.6 Å². The maximum absolute atomic E-state index is 12.7. The van der Waals surface area contributed by atoms with Crippen LogP contribution in [0.3, 0.4) is 0 Å². The first-order valence-corrected chi connectivity index (χ1v) is 8.80. The SMILES string of the molecule is CC1CN(S(=O)(=O)Cc2ccc(Cl)cc2)c2ccccc21. The van der Waals surface area contributed by atoms with Crippen LogP contribution in [0.5, 0.6) is 0 Å². The van der Waals surface area contributed by atoms with E-state index < -0.39 is 10.0 Å². The van der Waals surface area contributed by atoms with E-state index >= 15 is 0 Å². The minimum Gasteiger partial charge on any atom is -0.269 e. The Hall–Kier alpha value is -1.52. The monoisotopic (exact) mass is 321 g/mol. The molecule has 2 aromatic rings. The van der Waals surface area contributed by atoms with Crippen LogP contribution in [0.25, 0.3) is 0 Å². The zero-order valence-corrected chi connectivity index (χ0v) is 13.2. The fourth-order valence-electron chi connectivity index (χ4n) is 2.71. The van der Waals surface area contributed by atoms with E-state index in [0.717, 1.165) is 16.8 Å². The molecule has 0 aliphatic carbocycles. The van der Waals surface area contributed by atoms with Gasteiger partial charge in [0.2, 0.25) is 10.0 Å². The lowest BCUT2D eigenvalue weighted by Gasteiger charge is -2.19. The summed E-state index contributed by atoms with van der Waals surface area (Å²) in [6.07, 6.45) is 0. The van der Waals surface area contributed by atoms with Gasteiger partial charge in [0, 0.05) is 17.5 Å². The Balaban J connectivity index is 1.91. The molecule has 3 nitrogen and oxygen atoms in total. The largest absolute Gasteiger partial charge is 0.269 e. The number of nitrogens with zero attached hydrogens (tertiary/aromatic N) is 1. The molecule has 0 radical (unpaired) electrons. The number of anilines is 1. The Morgan fingerprint density at radius 2 is 1.81 bits per heavy atom. The van der Waals surface area contributed by atoms with Crippen LogP contribution in [0, 0.1) is 0 Å². The molecule has 2 aromatic carbocycles. The average molecular weight is 322 g/mol. The van der Waals surface area contributed by atoms with Gasteiger partial charge >= 0.3 is 0 Å². The van der Waals surface area contributed by atoms with E-state index in [2.05, 4.69) is 6.92 Å². The summed E-state index contributed by atoms with van der Waals surface area (Å²) >= 11 is 5.84. The van der Waals surface area contributed by atoms with E-state index in [1.807, 2.05) is 24.3 Å².